The molecular weight excluding hydrogens is 252 g/mol. The Morgan fingerprint density at radius 2 is 0.722 bits per heavy atom. The van der Waals surface area contributed by atoms with E-state index in [9.17, 15) is 19.2 Å². The molecule has 0 saturated carbocycles. The van der Waals surface area contributed by atoms with Gasteiger partial charge in [0.1, 0.15) is 0 Å². The van der Waals surface area contributed by atoms with Gasteiger partial charge in [0, 0.05) is 0 Å². The summed E-state index contributed by atoms with van der Waals surface area (Å²) < 4.78 is 0. The predicted molar refractivity (Wildman–Crippen MR) is 56.3 cm³/mol. The highest BCUT2D eigenvalue weighted by atomic mass is 16.4. The van der Waals surface area contributed by atoms with Crippen LogP contribution >= 0.6 is 0 Å². The van der Waals surface area contributed by atoms with Crippen LogP contribution in [0, 0.1) is 0 Å². The summed E-state index contributed by atoms with van der Waals surface area (Å²) in [6.07, 6.45) is 0. The number of carbonyl (C=O) groups is 4. The molecule has 0 heterocycles. The highest BCUT2D eigenvalue weighted by Gasteiger charge is 1.98. The van der Waals surface area contributed by atoms with E-state index in [1.807, 2.05) is 0 Å². The molecule has 10 nitrogen and oxygen atoms in total. The van der Waals surface area contributed by atoms with Crippen molar-refractivity contribution in [3.05, 3.63) is 0 Å². The summed E-state index contributed by atoms with van der Waals surface area (Å²) in [5.41, 5.74) is 0. The molecule has 18 heavy (non-hydrogen) atoms. The zero-order chi connectivity index (χ0) is 14.6. The lowest BCUT2D eigenvalue weighted by atomic mass is 10.6. The van der Waals surface area contributed by atoms with Crippen LogP contribution in [0.4, 0.5) is 0 Å². The summed E-state index contributed by atoms with van der Waals surface area (Å²) in [4.78, 5) is 38.9. The van der Waals surface area contributed by atoms with E-state index in [2.05, 4.69) is 10.6 Å². The van der Waals surface area contributed by atoms with Crippen molar-refractivity contribution in [3.8, 4) is 0 Å². The number of nitrogens with one attached hydrogen (secondary N) is 2. The van der Waals surface area contributed by atoms with Crippen LogP contribution in [0.2, 0.25) is 0 Å². The summed E-state index contributed by atoms with van der Waals surface area (Å²) >= 11 is 0. The van der Waals surface area contributed by atoms with Crippen LogP contribution in [0.5, 0.6) is 0 Å². The fourth-order valence-corrected chi connectivity index (χ4v) is 0.553. The van der Waals surface area contributed by atoms with E-state index in [-0.39, 0.29) is 26.2 Å². The third-order valence-electron chi connectivity index (χ3n) is 1.10. The second kappa shape index (κ2) is 11.3. The van der Waals surface area contributed by atoms with Gasteiger partial charge in [0.15, 0.2) is 0 Å². The lowest BCUT2D eigenvalue weighted by molar-refractivity contribution is -0.139. The average molecular weight is 266 g/mol. The third-order valence-corrected chi connectivity index (χ3v) is 1.10. The Morgan fingerprint density at radius 1 is 0.556 bits per heavy atom. The quantitative estimate of drug-likeness (QED) is 0.275. The highest BCUT2D eigenvalue weighted by molar-refractivity contribution is 5.72. The van der Waals surface area contributed by atoms with E-state index in [0.29, 0.717) is 0 Å². The summed E-state index contributed by atoms with van der Waals surface area (Å²) in [6, 6.07) is 0. The Morgan fingerprint density at radius 3 is 0.833 bits per heavy atom. The molecule has 0 saturated heterocycles. The lowest BCUT2D eigenvalue weighted by Gasteiger charge is -1.93. The van der Waals surface area contributed by atoms with Gasteiger partial charge >= 0.3 is 23.9 Å². The topological polar surface area (TPSA) is 173 Å². The van der Waals surface area contributed by atoms with E-state index in [0.717, 1.165) is 0 Å². The first-order valence-electron chi connectivity index (χ1n) is 4.54. The van der Waals surface area contributed by atoms with Crippen LogP contribution in [0.3, 0.4) is 0 Å². The molecule has 0 radical (unpaired) electrons. The van der Waals surface area contributed by atoms with Crippen molar-refractivity contribution in [3.63, 3.8) is 0 Å². The molecule has 0 bridgehead atoms. The molecule has 6 N–H and O–H groups in total. The van der Waals surface area contributed by atoms with Crippen molar-refractivity contribution in [2.24, 2.45) is 0 Å². The smallest absolute Gasteiger partial charge is 0.317 e. The van der Waals surface area contributed by atoms with E-state index < -0.39 is 23.9 Å². The Bertz CT molecular complexity index is 245. The minimum atomic E-state index is -1.06. The first-order chi connectivity index (χ1) is 8.25. The molecule has 104 valence electrons. The van der Waals surface area contributed by atoms with Crippen LogP contribution in [0.1, 0.15) is 0 Å². The molecule has 10 heteroatoms. The first-order valence-corrected chi connectivity index (χ1v) is 4.54. The maximum absolute atomic E-state index is 9.73. The van der Waals surface area contributed by atoms with Crippen LogP contribution in [0.15, 0.2) is 0 Å². The van der Waals surface area contributed by atoms with Gasteiger partial charge in [0.25, 0.3) is 0 Å². The van der Waals surface area contributed by atoms with Crippen molar-refractivity contribution < 1.29 is 39.6 Å². The maximum Gasteiger partial charge on any atom is 0.317 e. The fourth-order valence-electron chi connectivity index (χ4n) is 0.553. The van der Waals surface area contributed by atoms with E-state index in [1.54, 1.807) is 0 Å². The second-order valence-corrected chi connectivity index (χ2v) is 2.78. The van der Waals surface area contributed by atoms with Gasteiger partial charge in [0.05, 0.1) is 26.2 Å². The molecule has 0 aromatic rings. The summed E-state index contributed by atoms with van der Waals surface area (Å²) in [7, 11) is 0. The predicted octanol–water partition coefficient (Wildman–Crippen LogP) is -2.51. The lowest BCUT2D eigenvalue weighted by Crippen LogP contribution is -2.27. The average Bonchev–Trinajstić information content (AvgIpc) is 2.15. The zero-order valence-corrected chi connectivity index (χ0v) is 9.25. The fraction of sp³-hybridized carbons (Fsp3) is 0.500. The minimum absolute atomic E-state index is 0.313. The van der Waals surface area contributed by atoms with Gasteiger partial charge in [-0.3, -0.25) is 29.8 Å². The SMILES string of the molecule is O=C(O)CNCC(=O)O.O=C(O)CNCC(=O)O. The molecule has 0 atom stereocenters. The van der Waals surface area contributed by atoms with Gasteiger partial charge in [0.2, 0.25) is 0 Å². The number of aliphatic carboxylic acids is 4. The monoisotopic (exact) mass is 266 g/mol. The molecule has 0 aliphatic heterocycles. The maximum atomic E-state index is 9.73. The Labute approximate surface area is 101 Å². The van der Waals surface area contributed by atoms with Crippen molar-refractivity contribution >= 4 is 23.9 Å². The zero-order valence-electron chi connectivity index (χ0n) is 9.25. The van der Waals surface area contributed by atoms with Crippen LogP contribution in [-0.2, 0) is 19.2 Å². The Hall–Kier alpha value is -2.20. The Balaban J connectivity index is 0. The van der Waals surface area contributed by atoms with E-state index in [1.165, 1.54) is 0 Å². The van der Waals surface area contributed by atoms with Gasteiger partial charge in [-0.1, -0.05) is 0 Å². The standard InChI is InChI=1S/2C4H7NO4/c2*6-3(7)1-5-2-4(8)9/h2*5H,1-2H2,(H,6,7)(H,8,9). The number of hydrogen-bond donors (Lipinski definition) is 6. The molecule has 0 aromatic carbocycles. The van der Waals surface area contributed by atoms with Crippen LogP contribution in [-0.4, -0.2) is 70.5 Å². The van der Waals surface area contributed by atoms with Crippen LogP contribution in [0.25, 0.3) is 0 Å². The number of hydrogen-bond acceptors (Lipinski definition) is 6. The minimum Gasteiger partial charge on any atom is -0.480 e. The van der Waals surface area contributed by atoms with Crippen molar-refractivity contribution in [1.82, 2.24) is 10.6 Å². The largest absolute Gasteiger partial charge is 0.480 e. The third kappa shape index (κ3) is 23.5. The molecule has 0 unspecified atom stereocenters. The summed E-state index contributed by atoms with van der Waals surface area (Å²) in [5.74, 6) is -4.24. The van der Waals surface area contributed by atoms with Gasteiger partial charge in [-0.15, -0.1) is 0 Å². The summed E-state index contributed by atoms with van der Waals surface area (Å²) in [6.45, 7) is -1.25. The number of rotatable bonds is 8. The number of carboxylic acids is 4. The second-order valence-electron chi connectivity index (χ2n) is 2.78. The summed E-state index contributed by atoms with van der Waals surface area (Å²) in [5, 5.41) is 36.3. The Kier molecular flexibility index (Phi) is 11.4. The molecule has 0 rings (SSSR count). The first kappa shape index (κ1) is 18.2. The number of carboxylic acid groups (broad SMARTS) is 4. The van der Waals surface area contributed by atoms with Gasteiger partial charge < -0.3 is 20.4 Å². The highest BCUT2D eigenvalue weighted by Crippen LogP contribution is 1.61. The van der Waals surface area contributed by atoms with Crippen molar-refractivity contribution in [2.45, 2.75) is 0 Å². The van der Waals surface area contributed by atoms with Crippen LogP contribution < -0.4 is 10.6 Å². The molecule has 0 amide bonds. The van der Waals surface area contributed by atoms with Gasteiger partial charge in [-0.25, -0.2) is 0 Å². The molecule has 0 spiro atoms. The molecular formula is C8H14N2O8. The van der Waals surface area contributed by atoms with E-state index >= 15 is 0 Å². The molecule has 0 aliphatic carbocycles. The van der Waals surface area contributed by atoms with E-state index in [4.69, 9.17) is 20.4 Å². The molecule has 0 aliphatic rings. The normalized spacial score (nSPS) is 8.89. The van der Waals surface area contributed by atoms with Crippen molar-refractivity contribution in [2.75, 3.05) is 26.2 Å². The van der Waals surface area contributed by atoms with Crippen molar-refractivity contribution in [1.29, 1.82) is 0 Å². The molecule has 0 fully saturated rings. The van der Waals surface area contributed by atoms with Gasteiger partial charge in [-0.2, -0.15) is 0 Å². The van der Waals surface area contributed by atoms with Gasteiger partial charge in [-0.05, 0) is 0 Å². The molecule has 0 aromatic heterocycles.